The zero-order valence-corrected chi connectivity index (χ0v) is 23.6. The molecule has 4 unspecified atom stereocenters. The molecule has 0 bridgehead atoms. The van der Waals surface area contributed by atoms with E-state index in [0.29, 0.717) is 19.4 Å². The number of aliphatic hydroxyl groups excluding tert-OH is 1. The highest BCUT2D eigenvalue weighted by atomic mass is 32.3. The molecule has 2 aliphatic heterocycles. The van der Waals surface area contributed by atoms with Crippen molar-refractivity contribution in [2.24, 2.45) is 23.7 Å². The molecule has 3 aliphatic rings. The summed E-state index contributed by atoms with van der Waals surface area (Å²) in [6, 6.07) is 0. The lowest BCUT2D eigenvalue weighted by molar-refractivity contribution is -0.158. The Morgan fingerprint density at radius 3 is 2.56 bits per heavy atom. The first-order chi connectivity index (χ1) is 15.7. The van der Waals surface area contributed by atoms with Crippen molar-refractivity contribution in [2.75, 3.05) is 19.1 Å². The monoisotopic (exact) mass is 496 g/mol. The van der Waals surface area contributed by atoms with Gasteiger partial charge in [-0.25, -0.2) is 0 Å². The van der Waals surface area contributed by atoms with Gasteiger partial charge < -0.3 is 18.8 Å². The van der Waals surface area contributed by atoms with Crippen LogP contribution in [0.1, 0.15) is 74.1 Å². The van der Waals surface area contributed by atoms with Crippen LogP contribution in [0.2, 0.25) is 0 Å². The Labute approximate surface area is 209 Å². The van der Waals surface area contributed by atoms with Gasteiger partial charge in [-0.05, 0) is 57.1 Å². The molecular weight excluding hydrogens is 448 g/mol. The SMILES string of the molecule is C/C1=C\[C@@H](C)C([C@@H](C)OS(C)(C)C(C)(C)C)OC(=O)CCC2C=CCC3[C@H](O)[C@@H](C)CCOC123. The zero-order valence-electron chi connectivity index (χ0n) is 22.8. The largest absolute Gasteiger partial charge is 0.459 e. The minimum absolute atomic E-state index is 0.0183. The summed E-state index contributed by atoms with van der Waals surface area (Å²) in [4.78, 5) is 13.0. The molecule has 5 nitrogen and oxygen atoms in total. The number of aliphatic hydroxyl groups is 1. The first-order valence-corrected chi connectivity index (χ1v) is 15.4. The molecule has 0 aromatic heterocycles. The molecule has 1 N–H and O–H groups in total. The van der Waals surface area contributed by atoms with E-state index in [2.05, 4.69) is 72.3 Å². The molecule has 1 fully saturated rings. The number of hydrogen-bond donors (Lipinski definition) is 1. The smallest absolute Gasteiger partial charge is 0.306 e. The van der Waals surface area contributed by atoms with E-state index >= 15 is 0 Å². The van der Waals surface area contributed by atoms with Crippen molar-refractivity contribution in [1.29, 1.82) is 0 Å². The summed E-state index contributed by atoms with van der Waals surface area (Å²) in [5.41, 5.74) is 0.556. The number of cyclic esters (lactones) is 1. The fraction of sp³-hybridized carbons (Fsp3) is 0.821. The summed E-state index contributed by atoms with van der Waals surface area (Å²) in [5.74, 6) is -0.0230. The Morgan fingerprint density at radius 2 is 1.91 bits per heavy atom. The summed E-state index contributed by atoms with van der Waals surface area (Å²) >= 11 is 0. The number of ether oxygens (including phenoxy) is 2. The average Bonchev–Trinajstić information content (AvgIpc) is 2.86. The predicted molar refractivity (Wildman–Crippen MR) is 141 cm³/mol. The summed E-state index contributed by atoms with van der Waals surface area (Å²) < 4.78 is 19.4. The number of rotatable bonds is 3. The highest BCUT2D eigenvalue weighted by Gasteiger charge is 2.53. The molecule has 34 heavy (non-hydrogen) atoms. The molecule has 0 saturated carbocycles. The minimum Gasteiger partial charge on any atom is -0.459 e. The van der Waals surface area contributed by atoms with Crippen molar-refractivity contribution < 1.29 is 23.6 Å². The van der Waals surface area contributed by atoms with Crippen LogP contribution in [0.4, 0.5) is 0 Å². The Morgan fingerprint density at radius 1 is 1.24 bits per heavy atom. The van der Waals surface area contributed by atoms with Crippen molar-refractivity contribution in [3.05, 3.63) is 23.8 Å². The lowest BCUT2D eigenvalue weighted by Crippen LogP contribution is -2.54. The fourth-order valence-electron chi connectivity index (χ4n) is 5.89. The summed E-state index contributed by atoms with van der Waals surface area (Å²) in [6.07, 6.45) is 12.5. The topological polar surface area (TPSA) is 65.0 Å². The molecule has 6 heteroatoms. The third-order valence-corrected chi connectivity index (χ3v) is 12.4. The molecule has 3 rings (SSSR count). The first kappa shape index (κ1) is 27.8. The van der Waals surface area contributed by atoms with Gasteiger partial charge in [0.05, 0.1) is 6.10 Å². The second kappa shape index (κ2) is 10.3. The van der Waals surface area contributed by atoms with Crippen LogP contribution in [0, 0.1) is 23.7 Å². The fourth-order valence-corrected chi connectivity index (χ4v) is 7.05. The third kappa shape index (κ3) is 5.30. The maximum absolute atomic E-state index is 13.0. The molecule has 0 aromatic carbocycles. The van der Waals surface area contributed by atoms with Crippen LogP contribution in [0.15, 0.2) is 23.8 Å². The Kier molecular flexibility index (Phi) is 8.39. The minimum atomic E-state index is -1.37. The van der Waals surface area contributed by atoms with Crippen LogP contribution < -0.4 is 0 Å². The second-order valence-corrected chi connectivity index (χ2v) is 16.0. The van der Waals surface area contributed by atoms with E-state index in [1.807, 2.05) is 6.92 Å². The van der Waals surface area contributed by atoms with Crippen molar-refractivity contribution in [1.82, 2.24) is 0 Å². The third-order valence-electron chi connectivity index (χ3n) is 8.67. The van der Waals surface area contributed by atoms with E-state index in [9.17, 15) is 9.90 Å². The maximum Gasteiger partial charge on any atom is 0.306 e. The van der Waals surface area contributed by atoms with Gasteiger partial charge in [0.15, 0.2) is 0 Å². The molecule has 2 heterocycles. The van der Waals surface area contributed by atoms with Crippen molar-refractivity contribution in [3.8, 4) is 0 Å². The van der Waals surface area contributed by atoms with Crippen molar-refractivity contribution >= 4 is 16.3 Å². The number of hydrogen-bond acceptors (Lipinski definition) is 5. The molecule has 8 atom stereocenters. The van der Waals surface area contributed by atoms with Crippen molar-refractivity contribution in [3.63, 3.8) is 0 Å². The highest BCUT2D eigenvalue weighted by molar-refractivity contribution is 8.29. The van der Waals surface area contributed by atoms with Gasteiger partial charge in [-0.3, -0.25) is 4.79 Å². The van der Waals surface area contributed by atoms with Crippen LogP contribution in [0.3, 0.4) is 0 Å². The van der Waals surface area contributed by atoms with Crippen LogP contribution in [0.5, 0.6) is 0 Å². The van der Waals surface area contributed by atoms with Crippen LogP contribution in [-0.4, -0.2) is 58.9 Å². The standard InChI is InChI=1S/C28H48O5S/c1-18-15-16-31-28-20(3)17-19(2)26(21(4)33-34(8,9)27(5,6)7)32-24(29)14-13-22(28)11-10-12-23(28)25(18)30/h10-11,17-19,21-23,25-26,30H,12-16H2,1-9H3/b20-17+/t18-,19+,21+,22?,23?,25+,26?,28?/m0/s1. The van der Waals surface area contributed by atoms with Gasteiger partial charge >= 0.3 is 5.97 Å². The van der Waals surface area contributed by atoms with Crippen LogP contribution >= 0.6 is 10.3 Å². The number of esters is 1. The van der Waals surface area contributed by atoms with E-state index in [0.717, 1.165) is 18.4 Å². The molecule has 0 radical (unpaired) electrons. The molecule has 1 spiro atoms. The lowest BCUT2D eigenvalue weighted by Gasteiger charge is -2.50. The summed E-state index contributed by atoms with van der Waals surface area (Å²) in [7, 11) is -1.37. The van der Waals surface area contributed by atoms with E-state index in [4.69, 9.17) is 13.7 Å². The molecular formula is C28H48O5S. The second-order valence-electron chi connectivity index (χ2n) is 12.1. The lowest BCUT2D eigenvalue weighted by atomic mass is 9.63. The highest BCUT2D eigenvalue weighted by Crippen LogP contribution is 2.55. The van der Waals surface area contributed by atoms with Gasteiger partial charge in [-0.1, -0.05) is 52.8 Å². The van der Waals surface area contributed by atoms with Gasteiger partial charge in [0.2, 0.25) is 0 Å². The van der Waals surface area contributed by atoms with Crippen LogP contribution in [-0.2, 0) is 18.5 Å². The Hall–Kier alpha value is -0.820. The molecule has 196 valence electrons. The van der Waals surface area contributed by atoms with Gasteiger partial charge in [-0.15, -0.1) is 10.3 Å². The molecule has 0 aromatic rings. The molecule has 1 aliphatic carbocycles. The Bertz CT molecular complexity index is 797. The van der Waals surface area contributed by atoms with Gasteiger partial charge in [0.25, 0.3) is 0 Å². The first-order valence-electron chi connectivity index (χ1n) is 13.0. The Balaban J connectivity index is 2.01. The van der Waals surface area contributed by atoms with E-state index < -0.39 is 22.0 Å². The van der Waals surface area contributed by atoms with Gasteiger partial charge in [0.1, 0.15) is 17.8 Å². The molecule has 1 saturated heterocycles. The van der Waals surface area contributed by atoms with E-state index in [1.54, 1.807) is 0 Å². The summed E-state index contributed by atoms with van der Waals surface area (Å²) in [5, 5.41) is 11.3. The summed E-state index contributed by atoms with van der Waals surface area (Å²) in [6.45, 7) is 15.6. The van der Waals surface area contributed by atoms with E-state index in [-0.39, 0.29) is 46.6 Å². The van der Waals surface area contributed by atoms with Gasteiger partial charge in [0, 0.05) is 35.5 Å². The average molecular weight is 497 g/mol. The van der Waals surface area contributed by atoms with Crippen LogP contribution in [0.25, 0.3) is 0 Å². The van der Waals surface area contributed by atoms with Crippen molar-refractivity contribution in [2.45, 2.75) is 103 Å². The van der Waals surface area contributed by atoms with E-state index in [1.165, 1.54) is 0 Å². The quantitative estimate of drug-likeness (QED) is 0.395. The normalized spacial score (nSPS) is 40.6. The number of carbonyl (C=O) groups excluding carboxylic acids is 1. The number of allylic oxidation sites excluding steroid dienone is 1. The van der Waals surface area contributed by atoms with Gasteiger partial charge in [-0.2, -0.15) is 0 Å². The maximum atomic E-state index is 13.0. The predicted octanol–water partition coefficient (Wildman–Crippen LogP) is 5.81. The zero-order chi connectivity index (χ0) is 25.5. The molecule has 0 amide bonds. The number of carbonyl (C=O) groups is 1.